The monoisotopic (exact) mass is 698 g/mol. The van der Waals surface area contributed by atoms with Gasteiger partial charge in [0.1, 0.15) is 5.82 Å². The van der Waals surface area contributed by atoms with Crippen LogP contribution in [-0.2, 0) is 0 Å². The smallest absolute Gasteiger partial charge is 0.145 e. The molecule has 0 aliphatic rings. The molecule has 0 spiro atoms. The first-order valence-electron chi connectivity index (χ1n) is 18.9. The summed E-state index contributed by atoms with van der Waals surface area (Å²) in [5.41, 5.74) is 11.5. The van der Waals surface area contributed by atoms with Crippen LogP contribution in [0.15, 0.2) is 206 Å². The van der Waals surface area contributed by atoms with Crippen molar-refractivity contribution < 1.29 is 0 Å². The first-order valence-corrected chi connectivity index (χ1v) is 18.9. The third kappa shape index (κ3) is 5.15. The van der Waals surface area contributed by atoms with Crippen LogP contribution in [0.4, 0.5) is 0 Å². The summed E-state index contributed by atoms with van der Waals surface area (Å²) in [6, 6.07) is 74.8. The Balaban J connectivity index is 1.18. The van der Waals surface area contributed by atoms with E-state index in [9.17, 15) is 0 Å². The molecule has 0 bridgehead atoms. The maximum absolute atomic E-state index is 5.19. The van der Waals surface area contributed by atoms with Crippen LogP contribution >= 0.6 is 0 Å². The predicted octanol–water partition coefficient (Wildman–Crippen LogP) is 14.3. The minimum absolute atomic E-state index is 0.927. The lowest BCUT2D eigenvalue weighted by Crippen LogP contribution is -1.97. The van der Waals surface area contributed by atoms with E-state index in [-0.39, 0.29) is 0 Å². The lowest BCUT2D eigenvalue weighted by Gasteiger charge is -2.20. The molecule has 0 radical (unpaired) electrons. The van der Waals surface area contributed by atoms with Gasteiger partial charge in [-0.3, -0.25) is 4.57 Å². The summed E-state index contributed by atoms with van der Waals surface area (Å²) < 4.78 is 2.27. The molecule has 2 nitrogen and oxygen atoms in total. The highest BCUT2D eigenvalue weighted by Gasteiger charge is 2.20. The number of aromatic nitrogens is 2. The Morgan fingerprint density at radius 2 is 0.945 bits per heavy atom. The minimum atomic E-state index is 0.927. The average molecular weight is 699 g/mol. The first kappa shape index (κ1) is 31.3. The summed E-state index contributed by atoms with van der Waals surface area (Å²) in [4.78, 5) is 5.19. The van der Waals surface area contributed by atoms with Crippen LogP contribution in [0, 0.1) is 0 Å². The molecule has 256 valence electrons. The molecule has 2 heteroatoms. The highest BCUT2D eigenvalue weighted by molar-refractivity contribution is 6.24. The van der Waals surface area contributed by atoms with E-state index in [0.29, 0.717) is 0 Å². The second kappa shape index (κ2) is 12.7. The summed E-state index contributed by atoms with van der Waals surface area (Å²) in [5.74, 6) is 0.927. The normalized spacial score (nSPS) is 11.6. The van der Waals surface area contributed by atoms with Gasteiger partial charge in [-0.05, 0) is 119 Å². The van der Waals surface area contributed by atoms with Crippen molar-refractivity contribution in [1.29, 1.82) is 0 Å². The molecule has 0 N–H and O–H groups in total. The number of para-hydroxylation sites is 3. The van der Waals surface area contributed by atoms with Gasteiger partial charge in [0.15, 0.2) is 0 Å². The molecule has 1 aromatic heterocycles. The van der Waals surface area contributed by atoms with Gasteiger partial charge in [0, 0.05) is 11.3 Å². The number of benzene rings is 10. The van der Waals surface area contributed by atoms with Crippen LogP contribution in [-0.4, -0.2) is 9.55 Å². The Morgan fingerprint density at radius 3 is 1.82 bits per heavy atom. The number of nitrogens with zero attached hydrogens (tertiary/aromatic N) is 2. The third-order valence-electron chi connectivity index (χ3n) is 11.2. The maximum atomic E-state index is 5.19. The van der Waals surface area contributed by atoms with Crippen molar-refractivity contribution in [1.82, 2.24) is 9.55 Å². The van der Waals surface area contributed by atoms with Gasteiger partial charge in [0.25, 0.3) is 0 Å². The van der Waals surface area contributed by atoms with Gasteiger partial charge >= 0.3 is 0 Å². The van der Waals surface area contributed by atoms with Crippen molar-refractivity contribution in [2.24, 2.45) is 0 Å². The molecule has 11 aromatic rings. The van der Waals surface area contributed by atoms with Gasteiger partial charge in [-0.2, -0.15) is 0 Å². The van der Waals surface area contributed by atoms with Gasteiger partial charge in [-0.1, -0.05) is 164 Å². The maximum Gasteiger partial charge on any atom is 0.145 e. The summed E-state index contributed by atoms with van der Waals surface area (Å²) in [6.07, 6.45) is 0. The average Bonchev–Trinajstić information content (AvgIpc) is 3.65. The van der Waals surface area contributed by atoms with Crippen LogP contribution < -0.4 is 0 Å². The standard InChI is InChI=1S/C53H34N2/c1-2-20-42(21-3-1)55-50-27-11-10-26-49(50)54-53(55)41-19-12-18-38(33-41)39-30-31-47-48(34-39)51(40-29-28-35-14-4-5-16-37(35)32-40)45-23-8-9-24-46(45)52(47)44-25-13-17-36-15-6-7-22-43(36)44/h1-34H. The van der Waals surface area contributed by atoms with Gasteiger partial charge in [-0.15, -0.1) is 0 Å². The SMILES string of the molecule is c1ccc(-n2c(-c3cccc(-c4ccc5c(-c6cccc7ccccc67)c6ccccc6c(-c6ccc7ccccc7c6)c5c4)c3)nc3ccccc32)cc1. The molecule has 0 atom stereocenters. The van der Waals surface area contributed by atoms with E-state index in [2.05, 4.69) is 211 Å². The van der Waals surface area contributed by atoms with Crippen molar-refractivity contribution in [2.45, 2.75) is 0 Å². The molecule has 0 amide bonds. The molecular formula is C53H34N2. The lowest BCUT2D eigenvalue weighted by atomic mass is 9.83. The fraction of sp³-hybridized carbons (Fsp3) is 0. The molecule has 1 heterocycles. The molecule has 55 heavy (non-hydrogen) atoms. The first-order chi connectivity index (χ1) is 27.3. The predicted molar refractivity (Wildman–Crippen MR) is 233 cm³/mol. The fourth-order valence-corrected chi connectivity index (χ4v) is 8.64. The topological polar surface area (TPSA) is 17.8 Å². The van der Waals surface area contributed by atoms with Crippen LogP contribution in [0.5, 0.6) is 0 Å². The van der Waals surface area contributed by atoms with Crippen molar-refractivity contribution >= 4 is 54.1 Å². The van der Waals surface area contributed by atoms with Crippen LogP contribution in [0.3, 0.4) is 0 Å². The van der Waals surface area contributed by atoms with Crippen LogP contribution in [0.2, 0.25) is 0 Å². The van der Waals surface area contributed by atoms with Crippen LogP contribution in [0.25, 0.3) is 105 Å². The molecule has 0 fully saturated rings. The molecule has 10 aromatic carbocycles. The number of imidazole rings is 1. The zero-order valence-corrected chi connectivity index (χ0v) is 30.0. The summed E-state index contributed by atoms with van der Waals surface area (Å²) >= 11 is 0. The quantitative estimate of drug-likeness (QED) is 0.164. The van der Waals surface area contributed by atoms with E-state index in [0.717, 1.165) is 39.2 Å². The molecule has 0 saturated heterocycles. The van der Waals surface area contributed by atoms with Crippen LogP contribution in [0.1, 0.15) is 0 Å². The van der Waals surface area contributed by atoms with E-state index in [1.165, 1.54) is 65.3 Å². The van der Waals surface area contributed by atoms with Gasteiger partial charge in [0.2, 0.25) is 0 Å². The fourth-order valence-electron chi connectivity index (χ4n) is 8.64. The summed E-state index contributed by atoms with van der Waals surface area (Å²) in [5, 5.41) is 9.95. The van der Waals surface area contributed by atoms with E-state index < -0.39 is 0 Å². The largest absolute Gasteiger partial charge is 0.292 e. The van der Waals surface area contributed by atoms with E-state index >= 15 is 0 Å². The zero-order chi connectivity index (χ0) is 36.3. The van der Waals surface area contributed by atoms with Gasteiger partial charge in [-0.25, -0.2) is 4.98 Å². The van der Waals surface area contributed by atoms with Crippen molar-refractivity contribution in [3.05, 3.63) is 206 Å². The zero-order valence-electron chi connectivity index (χ0n) is 30.0. The Bertz CT molecular complexity index is 3260. The summed E-state index contributed by atoms with van der Waals surface area (Å²) in [7, 11) is 0. The highest BCUT2D eigenvalue weighted by Crippen LogP contribution is 2.47. The molecule has 0 aliphatic heterocycles. The van der Waals surface area contributed by atoms with E-state index in [1.54, 1.807) is 0 Å². The lowest BCUT2D eigenvalue weighted by molar-refractivity contribution is 1.10. The molecular weight excluding hydrogens is 665 g/mol. The number of hydrogen-bond acceptors (Lipinski definition) is 1. The van der Waals surface area contributed by atoms with Crippen molar-refractivity contribution in [3.8, 4) is 50.5 Å². The molecule has 0 aliphatic carbocycles. The molecule has 0 unspecified atom stereocenters. The minimum Gasteiger partial charge on any atom is -0.292 e. The second-order valence-corrected chi connectivity index (χ2v) is 14.3. The third-order valence-corrected chi connectivity index (χ3v) is 11.2. The number of rotatable bonds is 5. The van der Waals surface area contributed by atoms with Crippen molar-refractivity contribution in [2.75, 3.05) is 0 Å². The number of fused-ring (bicyclic) bond motifs is 5. The Morgan fingerprint density at radius 1 is 0.327 bits per heavy atom. The molecule has 11 rings (SSSR count). The van der Waals surface area contributed by atoms with Gasteiger partial charge < -0.3 is 0 Å². The van der Waals surface area contributed by atoms with E-state index in [4.69, 9.17) is 4.98 Å². The second-order valence-electron chi connectivity index (χ2n) is 14.3. The Labute approximate surface area is 319 Å². The van der Waals surface area contributed by atoms with Crippen molar-refractivity contribution in [3.63, 3.8) is 0 Å². The highest BCUT2D eigenvalue weighted by atomic mass is 15.1. The van der Waals surface area contributed by atoms with Gasteiger partial charge in [0.05, 0.1) is 11.0 Å². The van der Waals surface area contributed by atoms with E-state index in [1.807, 2.05) is 0 Å². The Kier molecular flexibility index (Phi) is 7.21. The Hall–Kier alpha value is -7.29. The summed E-state index contributed by atoms with van der Waals surface area (Å²) in [6.45, 7) is 0. The molecule has 0 saturated carbocycles. The number of hydrogen-bond donors (Lipinski definition) is 0.